The molecule has 5 heteroatoms. The second-order valence-corrected chi connectivity index (χ2v) is 5.15. The van der Waals surface area contributed by atoms with Gasteiger partial charge in [-0.1, -0.05) is 19.0 Å². The third-order valence-corrected chi connectivity index (χ3v) is 3.15. The summed E-state index contributed by atoms with van der Waals surface area (Å²) < 4.78 is 5.24. The van der Waals surface area contributed by atoms with Crippen molar-refractivity contribution in [3.05, 3.63) is 11.7 Å². The number of hydrogen-bond acceptors (Lipinski definition) is 5. The van der Waals surface area contributed by atoms with Gasteiger partial charge in [0.15, 0.2) is 5.82 Å². The lowest BCUT2D eigenvalue weighted by Gasteiger charge is -2.20. The summed E-state index contributed by atoms with van der Waals surface area (Å²) in [4.78, 5) is 6.60. The van der Waals surface area contributed by atoms with E-state index in [1.807, 2.05) is 0 Å². The molecule has 0 unspecified atom stereocenters. The number of aliphatic hydroxyl groups excluding tert-OH is 1. The Morgan fingerprint density at radius 2 is 2.35 bits per heavy atom. The van der Waals surface area contributed by atoms with Crippen LogP contribution in [0.5, 0.6) is 0 Å². The van der Waals surface area contributed by atoms with Crippen LogP contribution in [-0.4, -0.2) is 39.3 Å². The fourth-order valence-electron chi connectivity index (χ4n) is 2.29. The minimum Gasteiger partial charge on any atom is -0.395 e. The average Bonchev–Trinajstić information content (AvgIpc) is 2.87. The maximum absolute atomic E-state index is 9.23. The maximum Gasteiger partial charge on any atom is 0.240 e. The SMILES string of the molecule is CC(C)Cc1noc(CN2CCC[C@@H]2CO)n1. The molecule has 17 heavy (non-hydrogen) atoms. The molecule has 1 fully saturated rings. The van der Waals surface area contributed by atoms with Crippen LogP contribution < -0.4 is 0 Å². The van der Waals surface area contributed by atoms with Crippen LogP contribution in [0.15, 0.2) is 4.52 Å². The number of aromatic nitrogens is 2. The van der Waals surface area contributed by atoms with Crippen molar-refractivity contribution in [2.24, 2.45) is 5.92 Å². The molecule has 0 saturated carbocycles. The minimum absolute atomic E-state index is 0.215. The van der Waals surface area contributed by atoms with Crippen molar-refractivity contribution < 1.29 is 9.63 Å². The van der Waals surface area contributed by atoms with E-state index in [0.717, 1.165) is 31.6 Å². The van der Waals surface area contributed by atoms with Crippen molar-refractivity contribution in [2.75, 3.05) is 13.2 Å². The molecule has 1 aliphatic rings. The highest BCUT2D eigenvalue weighted by molar-refractivity contribution is 4.89. The van der Waals surface area contributed by atoms with Gasteiger partial charge in [0, 0.05) is 12.5 Å². The molecule has 0 aliphatic carbocycles. The van der Waals surface area contributed by atoms with Crippen LogP contribution in [-0.2, 0) is 13.0 Å². The van der Waals surface area contributed by atoms with Gasteiger partial charge < -0.3 is 9.63 Å². The van der Waals surface area contributed by atoms with Gasteiger partial charge in [0.2, 0.25) is 5.89 Å². The first-order chi connectivity index (χ1) is 8.19. The van der Waals surface area contributed by atoms with E-state index in [1.54, 1.807) is 0 Å². The molecular formula is C12H21N3O2. The zero-order valence-corrected chi connectivity index (χ0v) is 10.6. The lowest BCUT2D eigenvalue weighted by Crippen LogP contribution is -2.31. The van der Waals surface area contributed by atoms with E-state index in [-0.39, 0.29) is 12.6 Å². The Labute approximate surface area is 102 Å². The van der Waals surface area contributed by atoms with E-state index >= 15 is 0 Å². The maximum atomic E-state index is 9.23. The fraction of sp³-hybridized carbons (Fsp3) is 0.833. The Hall–Kier alpha value is -0.940. The van der Waals surface area contributed by atoms with E-state index in [1.165, 1.54) is 0 Å². The second-order valence-electron chi connectivity index (χ2n) is 5.15. The molecule has 1 atom stereocenters. The quantitative estimate of drug-likeness (QED) is 0.837. The number of aliphatic hydroxyl groups is 1. The van der Waals surface area contributed by atoms with Crippen molar-refractivity contribution in [1.82, 2.24) is 15.0 Å². The molecule has 0 aromatic carbocycles. The zero-order chi connectivity index (χ0) is 12.3. The molecular weight excluding hydrogens is 218 g/mol. The van der Waals surface area contributed by atoms with Gasteiger partial charge in [-0.25, -0.2) is 0 Å². The van der Waals surface area contributed by atoms with Gasteiger partial charge >= 0.3 is 0 Å². The summed E-state index contributed by atoms with van der Waals surface area (Å²) in [5.41, 5.74) is 0. The van der Waals surface area contributed by atoms with Gasteiger partial charge in [-0.05, 0) is 25.3 Å². The van der Waals surface area contributed by atoms with E-state index in [9.17, 15) is 5.11 Å². The first kappa shape index (κ1) is 12.5. The third kappa shape index (κ3) is 3.26. The Morgan fingerprint density at radius 3 is 3.06 bits per heavy atom. The van der Waals surface area contributed by atoms with E-state index in [2.05, 4.69) is 28.9 Å². The molecule has 96 valence electrons. The molecule has 1 aromatic heterocycles. The van der Waals surface area contributed by atoms with Gasteiger partial charge in [-0.15, -0.1) is 0 Å². The highest BCUT2D eigenvalue weighted by Crippen LogP contribution is 2.19. The summed E-state index contributed by atoms with van der Waals surface area (Å²) in [7, 11) is 0. The van der Waals surface area contributed by atoms with Crippen LogP contribution in [0.4, 0.5) is 0 Å². The van der Waals surface area contributed by atoms with Gasteiger partial charge in [-0.2, -0.15) is 4.98 Å². The molecule has 1 N–H and O–H groups in total. The second kappa shape index (κ2) is 5.60. The highest BCUT2D eigenvalue weighted by Gasteiger charge is 2.25. The number of hydrogen-bond donors (Lipinski definition) is 1. The summed E-state index contributed by atoms with van der Waals surface area (Å²) >= 11 is 0. The summed E-state index contributed by atoms with van der Waals surface area (Å²) in [6.07, 6.45) is 3.05. The molecule has 0 spiro atoms. The van der Waals surface area contributed by atoms with Crippen molar-refractivity contribution in [3.8, 4) is 0 Å². The zero-order valence-electron chi connectivity index (χ0n) is 10.6. The lowest BCUT2D eigenvalue weighted by molar-refractivity contribution is 0.141. The summed E-state index contributed by atoms with van der Waals surface area (Å²) in [6.45, 7) is 6.16. The van der Waals surface area contributed by atoms with Crippen LogP contribution >= 0.6 is 0 Å². The first-order valence-corrected chi connectivity index (χ1v) is 6.35. The summed E-state index contributed by atoms with van der Waals surface area (Å²) in [6, 6.07) is 0.260. The molecule has 1 saturated heterocycles. The average molecular weight is 239 g/mol. The minimum atomic E-state index is 0.215. The summed E-state index contributed by atoms with van der Waals surface area (Å²) in [5.74, 6) is 1.99. The number of rotatable bonds is 5. The Balaban J connectivity index is 1.92. The molecule has 1 aromatic rings. The predicted octanol–water partition coefficient (Wildman–Crippen LogP) is 1.22. The smallest absolute Gasteiger partial charge is 0.240 e. The normalized spacial score (nSPS) is 21.5. The number of likely N-dealkylation sites (tertiary alicyclic amines) is 1. The van der Waals surface area contributed by atoms with Crippen molar-refractivity contribution in [1.29, 1.82) is 0 Å². The summed E-state index contributed by atoms with van der Waals surface area (Å²) in [5, 5.41) is 13.2. The van der Waals surface area contributed by atoms with Crippen molar-refractivity contribution >= 4 is 0 Å². The highest BCUT2D eigenvalue weighted by atomic mass is 16.5. The largest absolute Gasteiger partial charge is 0.395 e. The van der Waals surface area contributed by atoms with E-state index < -0.39 is 0 Å². The van der Waals surface area contributed by atoms with Crippen LogP contribution in [0, 0.1) is 5.92 Å². The third-order valence-electron chi connectivity index (χ3n) is 3.15. The molecule has 1 aliphatic heterocycles. The van der Waals surface area contributed by atoms with Crippen molar-refractivity contribution in [3.63, 3.8) is 0 Å². The lowest BCUT2D eigenvalue weighted by atomic mass is 10.1. The number of nitrogens with zero attached hydrogens (tertiary/aromatic N) is 3. The van der Waals surface area contributed by atoms with Crippen LogP contribution in [0.3, 0.4) is 0 Å². The Kier molecular flexibility index (Phi) is 4.12. The standard InChI is InChI=1S/C12H21N3O2/c1-9(2)6-11-13-12(17-14-11)7-15-5-3-4-10(15)8-16/h9-10,16H,3-8H2,1-2H3/t10-/m1/s1. The molecule has 2 heterocycles. The first-order valence-electron chi connectivity index (χ1n) is 6.35. The monoisotopic (exact) mass is 239 g/mol. The van der Waals surface area contributed by atoms with Gasteiger partial charge in [0.05, 0.1) is 13.2 Å². The van der Waals surface area contributed by atoms with Crippen LogP contribution in [0.1, 0.15) is 38.4 Å². The Bertz CT molecular complexity index is 351. The van der Waals surface area contributed by atoms with E-state index in [4.69, 9.17) is 4.52 Å². The molecule has 5 nitrogen and oxygen atoms in total. The predicted molar refractivity (Wildman–Crippen MR) is 63.4 cm³/mol. The fourth-order valence-corrected chi connectivity index (χ4v) is 2.29. The molecule has 0 amide bonds. The van der Waals surface area contributed by atoms with E-state index in [0.29, 0.717) is 18.4 Å². The molecule has 0 bridgehead atoms. The Morgan fingerprint density at radius 1 is 1.53 bits per heavy atom. The van der Waals surface area contributed by atoms with Crippen LogP contribution in [0.25, 0.3) is 0 Å². The van der Waals surface area contributed by atoms with Crippen LogP contribution in [0.2, 0.25) is 0 Å². The van der Waals surface area contributed by atoms with Gasteiger partial charge in [0.25, 0.3) is 0 Å². The van der Waals surface area contributed by atoms with Gasteiger partial charge in [0.1, 0.15) is 0 Å². The topological polar surface area (TPSA) is 62.4 Å². The van der Waals surface area contributed by atoms with Crippen molar-refractivity contribution in [2.45, 2.75) is 45.7 Å². The van der Waals surface area contributed by atoms with Gasteiger partial charge in [-0.3, -0.25) is 4.90 Å². The molecule has 0 radical (unpaired) electrons. The molecule has 2 rings (SSSR count).